The van der Waals surface area contributed by atoms with Crippen molar-refractivity contribution in [3.05, 3.63) is 29.8 Å². The van der Waals surface area contributed by atoms with Crippen molar-refractivity contribution in [1.29, 1.82) is 0 Å². The minimum absolute atomic E-state index is 0.0769. The van der Waals surface area contributed by atoms with E-state index < -0.39 is 23.4 Å². The topological polar surface area (TPSA) is 115 Å². The summed E-state index contributed by atoms with van der Waals surface area (Å²) in [5.41, 5.74) is 7.10. The van der Waals surface area contributed by atoms with Crippen LogP contribution in [0.3, 0.4) is 0 Å². The molecule has 0 spiro atoms. The fourth-order valence-electron chi connectivity index (χ4n) is 3.02. The number of anilines is 1. The van der Waals surface area contributed by atoms with E-state index in [4.69, 9.17) is 19.9 Å². The first kappa shape index (κ1) is 25.0. The van der Waals surface area contributed by atoms with Crippen LogP contribution in [0.25, 0.3) is 5.57 Å². The Bertz CT molecular complexity index is 910. The van der Waals surface area contributed by atoms with E-state index in [1.165, 1.54) is 0 Å². The van der Waals surface area contributed by atoms with Crippen LogP contribution in [-0.4, -0.2) is 54.4 Å². The van der Waals surface area contributed by atoms with Gasteiger partial charge < -0.3 is 24.8 Å². The lowest BCUT2D eigenvalue weighted by Crippen LogP contribution is -2.48. The van der Waals surface area contributed by atoms with Crippen LogP contribution in [-0.2, 0) is 9.47 Å². The van der Waals surface area contributed by atoms with Crippen molar-refractivity contribution in [2.24, 2.45) is 4.99 Å². The third kappa shape index (κ3) is 7.79. The number of aliphatic imine (C=N–C) groups is 1. The Morgan fingerprint density at radius 2 is 1.75 bits per heavy atom. The van der Waals surface area contributed by atoms with Gasteiger partial charge in [-0.1, -0.05) is 6.08 Å². The Balaban J connectivity index is 2.25. The second-order valence-electron chi connectivity index (χ2n) is 9.43. The summed E-state index contributed by atoms with van der Waals surface area (Å²) in [7, 11) is 1.60. The summed E-state index contributed by atoms with van der Waals surface area (Å²) in [6, 6.07) is 5.52. The Hall–Kier alpha value is -3.23. The SMILES string of the molecule is COc1cc(N)ccc1C1=CCN(/C(=N\C(=O)OC(C)(C)C)NC(=O)OC(C)(C)C)CC1. The smallest absolute Gasteiger partial charge is 0.437 e. The van der Waals surface area contributed by atoms with Crippen molar-refractivity contribution in [3.8, 4) is 5.75 Å². The number of carbonyl (C=O) groups excluding carboxylic acids is 2. The summed E-state index contributed by atoms with van der Waals surface area (Å²) < 4.78 is 16.1. The molecule has 1 aromatic rings. The van der Waals surface area contributed by atoms with Gasteiger partial charge in [0.05, 0.1) is 7.11 Å². The van der Waals surface area contributed by atoms with Crippen molar-refractivity contribution in [3.63, 3.8) is 0 Å². The number of alkyl carbamates (subject to hydrolysis) is 1. The van der Waals surface area contributed by atoms with E-state index in [2.05, 4.69) is 10.3 Å². The third-order valence-corrected chi connectivity index (χ3v) is 4.28. The molecule has 1 aliphatic rings. The van der Waals surface area contributed by atoms with Crippen molar-refractivity contribution >= 4 is 29.4 Å². The molecule has 0 atom stereocenters. The van der Waals surface area contributed by atoms with Crippen LogP contribution in [0.2, 0.25) is 0 Å². The van der Waals surface area contributed by atoms with Crippen molar-refractivity contribution in [2.75, 3.05) is 25.9 Å². The van der Waals surface area contributed by atoms with E-state index in [0.29, 0.717) is 30.9 Å². The summed E-state index contributed by atoms with van der Waals surface area (Å²) in [4.78, 5) is 30.4. The highest BCUT2D eigenvalue weighted by Gasteiger charge is 2.25. The second kappa shape index (κ2) is 9.93. The average Bonchev–Trinajstić information content (AvgIpc) is 2.64. The zero-order valence-corrected chi connectivity index (χ0v) is 19.9. The first-order chi connectivity index (χ1) is 14.8. The molecule has 0 saturated carbocycles. The number of amides is 2. The number of nitrogens with one attached hydrogen (secondary N) is 1. The van der Waals surface area contributed by atoms with Crippen LogP contribution >= 0.6 is 0 Å². The van der Waals surface area contributed by atoms with Crippen molar-refractivity contribution in [2.45, 2.75) is 59.2 Å². The van der Waals surface area contributed by atoms with E-state index in [0.717, 1.165) is 11.1 Å². The fourth-order valence-corrected chi connectivity index (χ4v) is 3.02. The molecule has 0 unspecified atom stereocenters. The number of rotatable bonds is 2. The molecule has 0 aromatic heterocycles. The summed E-state index contributed by atoms with van der Waals surface area (Å²) in [5.74, 6) is 0.771. The Morgan fingerprint density at radius 1 is 1.09 bits per heavy atom. The number of benzene rings is 1. The largest absolute Gasteiger partial charge is 0.496 e. The molecule has 0 aliphatic carbocycles. The van der Waals surface area contributed by atoms with Gasteiger partial charge in [0.1, 0.15) is 17.0 Å². The Morgan fingerprint density at radius 3 is 2.28 bits per heavy atom. The number of hydrogen-bond donors (Lipinski definition) is 2. The predicted molar refractivity (Wildman–Crippen MR) is 125 cm³/mol. The zero-order valence-electron chi connectivity index (χ0n) is 19.9. The highest BCUT2D eigenvalue weighted by atomic mass is 16.6. The van der Waals surface area contributed by atoms with Gasteiger partial charge in [0, 0.05) is 30.4 Å². The lowest BCUT2D eigenvalue weighted by atomic mass is 9.98. The molecule has 9 heteroatoms. The van der Waals surface area contributed by atoms with Gasteiger partial charge in [-0.15, -0.1) is 4.99 Å². The number of methoxy groups -OCH3 is 1. The van der Waals surface area contributed by atoms with Gasteiger partial charge in [-0.2, -0.15) is 0 Å². The molecule has 0 fully saturated rings. The van der Waals surface area contributed by atoms with E-state index >= 15 is 0 Å². The zero-order chi connectivity index (χ0) is 24.1. The molecule has 2 amide bonds. The van der Waals surface area contributed by atoms with Crippen LogP contribution in [0.1, 0.15) is 53.5 Å². The van der Waals surface area contributed by atoms with E-state index in [9.17, 15) is 9.59 Å². The number of hydrogen-bond acceptors (Lipinski definition) is 6. The molecule has 0 radical (unpaired) electrons. The van der Waals surface area contributed by atoms with Crippen molar-refractivity contribution < 1.29 is 23.8 Å². The number of nitrogens with zero attached hydrogens (tertiary/aromatic N) is 2. The molecule has 1 heterocycles. The summed E-state index contributed by atoms with van der Waals surface area (Å²) in [6.07, 6.45) is 1.15. The average molecular weight is 447 g/mol. The van der Waals surface area contributed by atoms with E-state index in [1.807, 2.05) is 18.2 Å². The first-order valence-electron chi connectivity index (χ1n) is 10.5. The molecule has 1 aromatic carbocycles. The molecular weight excluding hydrogens is 412 g/mol. The second-order valence-corrected chi connectivity index (χ2v) is 9.43. The number of carbonyl (C=O) groups is 2. The van der Waals surface area contributed by atoms with Gasteiger partial charge in [-0.3, -0.25) is 5.32 Å². The maximum Gasteiger partial charge on any atom is 0.437 e. The summed E-state index contributed by atoms with van der Waals surface area (Å²) in [6.45, 7) is 11.4. The first-order valence-corrected chi connectivity index (χ1v) is 10.5. The quantitative estimate of drug-likeness (QED) is 0.398. The lowest BCUT2D eigenvalue weighted by molar-refractivity contribution is 0.0555. The molecule has 9 nitrogen and oxygen atoms in total. The van der Waals surface area contributed by atoms with Gasteiger partial charge in [-0.25, -0.2) is 9.59 Å². The standard InChI is InChI=1S/C23H34N4O5/c1-22(2,3)31-20(28)25-19(26-21(29)32-23(4,5)6)27-12-10-15(11-13-27)17-9-8-16(24)14-18(17)30-7/h8-10,14H,11-13,24H2,1-7H3,(H,25,26,28,29). The number of guanidine groups is 1. The maximum atomic E-state index is 12.3. The van der Waals surface area contributed by atoms with E-state index in [1.54, 1.807) is 59.6 Å². The number of nitrogens with two attached hydrogens (primary N) is 1. The molecule has 2 rings (SSSR count). The van der Waals surface area contributed by atoms with Gasteiger partial charge in [0.15, 0.2) is 0 Å². The van der Waals surface area contributed by atoms with E-state index in [-0.39, 0.29) is 5.96 Å². The Labute approximate surface area is 189 Å². The number of ether oxygens (including phenoxy) is 3. The molecule has 176 valence electrons. The third-order valence-electron chi connectivity index (χ3n) is 4.28. The van der Waals surface area contributed by atoms with Crippen LogP contribution in [0.5, 0.6) is 5.75 Å². The predicted octanol–water partition coefficient (Wildman–Crippen LogP) is 4.18. The van der Waals surface area contributed by atoms with Crippen LogP contribution in [0.4, 0.5) is 15.3 Å². The molecule has 0 saturated heterocycles. The highest BCUT2D eigenvalue weighted by Crippen LogP contribution is 2.31. The monoisotopic (exact) mass is 446 g/mol. The van der Waals surface area contributed by atoms with Crippen LogP contribution in [0, 0.1) is 0 Å². The van der Waals surface area contributed by atoms with Gasteiger partial charge in [-0.05, 0) is 65.7 Å². The minimum Gasteiger partial charge on any atom is -0.496 e. The fraction of sp³-hybridized carbons (Fsp3) is 0.522. The van der Waals surface area contributed by atoms with Gasteiger partial charge in [0.25, 0.3) is 0 Å². The van der Waals surface area contributed by atoms with Crippen LogP contribution < -0.4 is 15.8 Å². The summed E-state index contributed by atoms with van der Waals surface area (Å²) >= 11 is 0. The maximum absolute atomic E-state index is 12.3. The van der Waals surface area contributed by atoms with Gasteiger partial charge in [0.2, 0.25) is 5.96 Å². The number of nitrogen functional groups attached to an aromatic ring is 1. The molecule has 3 N–H and O–H groups in total. The molecular formula is C23H34N4O5. The minimum atomic E-state index is -0.793. The van der Waals surface area contributed by atoms with Crippen LogP contribution in [0.15, 0.2) is 29.3 Å². The van der Waals surface area contributed by atoms with Crippen molar-refractivity contribution in [1.82, 2.24) is 10.2 Å². The summed E-state index contributed by atoms with van der Waals surface area (Å²) in [5, 5.41) is 2.59. The molecule has 0 bridgehead atoms. The highest BCUT2D eigenvalue weighted by molar-refractivity contribution is 5.99. The normalized spacial score (nSPS) is 15.0. The Kier molecular flexibility index (Phi) is 7.77. The lowest BCUT2D eigenvalue weighted by Gasteiger charge is -2.30. The molecule has 32 heavy (non-hydrogen) atoms. The van der Waals surface area contributed by atoms with Gasteiger partial charge >= 0.3 is 12.2 Å². The molecule has 1 aliphatic heterocycles.